The van der Waals surface area contributed by atoms with Gasteiger partial charge in [-0.05, 0) is 13.0 Å². The van der Waals surface area contributed by atoms with Crippen LogP contribution in [0.5, 0.6) is 0 Å². The van der Waals surface area contributed by atoms with Crippen molar-refractivity contribution in [3.63, 3.8) is 0 Å². The van der Waals surface area contributed by atoms with Crippen LogP contribution in [0.4, 0.5) is 0 Å². The molecule has 6 heteroatoms. The quantitative estimate of drug-likeness (QED) is 0.451. The maximum absolute atomic E-state index is 12.1. The summed E-state index contributed by atoms with van der Waals surface area (Å²) in [7, 11) is 0. The lowest BCUT2D eigenvalue weighted by molar-refractivity contribution is -0.139. The largest absolute Gasteiger partial charge is 0.453 e. The predicted octanol–water partition coefficient (Wildman–Crippen LogP) is 2.39. The van der Waals surface area contributed by atoms with E-state index in [-0.39, 0.29) is 6.61 Å². The zero-order valence-corrected chi connectivity index (χ0v) is 11.3. The summed E-state index contributed by atoms with van der Waals surface area (Å²) in [5.74, 6) is -0.989. The number of ether oxygens (including phenoxy) is 1. The summed E-state index contributed by atoms with van der Waals surface area (Å²) >= 11 is 0. The van der Waals surface area contributed by atoms with Gasteiger partial charge in [0.25, 0.3) is 5.78 Å². The minimum absolute atomic E-state index is 0.0930. The van der Waals surface area contributed by atoms with Crippen LogP contribution in [-0.4, -0.2) is 21.9 Å². The average Bonchev–Trinajstić information content (AvgIpc) is 3.10. The van der Waals surface area contributed by atoms with Crippen molar-refractivity contribution in [1.82, 2.24) is 10.1 Å². The number of ketones is 1. The van der Waals surface area contributed by atoms with Crippen molar-refractivity contribution in [3.8, 4) is 0 Å². The van der Waals surface area contributed by atoms with E-state index >= 15 is 0 Å². The van der Waals surface area contributed by atoms with E-state index in [0.29, 0.717) is 22.4 Å². The van der Waals surface area contributed by atoms with Crippen LogP contribution in [0.3, 0.4) is 0 Å². The van der Waals surface area contributed by atoms with Crippen LogP contribution in [-0.2, 0) is 16.1 Å². The second-order valence-corrected chi connectivity index (χ2v) is 4.58. The van der Waals surface area contributed by atoms with Gasteiger partial charge in [0.1, 0.15) is 18.1 Å². The molecule has 0 atom stereocenters. The van der Waals surface area contributed by atoms with Crippen LogP contribution in [0.2, 0.25) is 0 Å². The Labute approximate surface area is 119 Å². The number of carbonyl (C=O) groups is 2. The normalized spacial score (nSPS) is 10.7. The molecule has 0 radical (unpaired) electrons. The fourth-order valence-electron chi connectivity index (χ4n) is 2.06. The number of hydrogen-bond acceptors (Lipinski definition) is 5. The number of esters is 1. The molecule has 0 aliphatic rings. The van der Waals surface area contributed by atoms with Crippen LogP contribution < -0.4 is 0 Å². The fourth-order valence-corrected chi connectivity index (χ4v) is 2.06. The van der Waals surface area contributed by atoms with Gasteiger partial charge in [-0.1, -0.05) is 23.4 Å². The maximum Gasteiger partial charge on any atom is 0.380 e. The molecule has 0 bridgehead atoms. The Kier molecular flexibility index (Phi) is 3.27. The first kappa shape index (κ1) is 13.1. The van der Waals surface area contributed by atoms with Crippen LogP contribution in [0.25, 0.3) is 10.9 Å². The summed E-state index contributed by atoms with van der Waals surface area (Å²) in [6.07, 6.45) is 1.51. The number of aromatic nitrogens is 2. The molecular weight excluding hydrogens is 272 g/mol. The van der Waals surface area contributed by atoms with Gasteiger partial charge >= 0.3 is 5.97 Å². The number of rotatable bonds is 4. The summed E-state index contributed by atoms with van der Waals surface area (Å²) < 4.78 is 9.81. The molecule has 0 amide bonds. The summed E-state index contributed by atoms with van der Waals surface area (Å²) in [6, 6.07) is 8.89. The smallest absolute Gasteiger partial charge is 0.380 e. The lowest BCUT2D eigenvalue weighted by atomic mass is 10.1. The highest BCUT2D eigenvalue weighted by Gasteiger charge is 2.21. The first-order valence-electron chi connectivity index (χ1n) is 6.35. The minimum Gasteiger partial charge on any atom is -0.453 e. The monoisotopic (exact) mass is 284 g/mol. The van der Waals surface area contributed by atoms with Gasteiger partial charge in [-0.3, -0.25) is 4.79 Å². The Morgan fingerprint density at radius 1 is 1.33 bits per heavy atom. The van der Waals surface area contributed by atoms with Gasteiger partial charge in [-0.25, -0.2) is 4.79 Å². The van der Waals surface area contributed by atoms with E-state index < -0.39 is 11.8 Å². The number of hydrogen-bond donors (Lipinski definition) is 1. The standard InChI is InChI=1S/C15H12N2O4/c1-9-6-10(17-21-9)8-20-15(19)14(18)12-7-16-13-5-3-2-4-11(12)13/h2-7,16H,8H2,1H3. The van der Waals surface area contributed by atoms with Gasteiger partial charge in [-0.15, -0.1) is 0 Å². The average molecular weight is 284 g/mol. The molecule has 0 saturated carbocycles. The summed E-state index contributed by atoms with van der Waals surface area (Å²) in [5, 5.41) is 4.38. The Hall–Kier alpha value is -2.89. The molecule has 0 aliphatic carbocycles. The highest BCUT2D eigenvalue weighted by atomic mass is 16.5. The summed E-state index contributed by atoms with van der Waals surface area (Å²) in [6.45, 7) is 1.64. The number of nitrogens with zero attached hydrogens (tertiary/aromatic N) is 1. The second-order valence-electron chi connectivity index (χ2n) is 4.58. The first-order chi connectivity index (χ1) is 10.1. The number of Topliss-reactive ketones (excluding diaryl/α,β-unsaturated/α-hetero) is 1. The molecule has 1 aromatic carbocycles. The third-order valence-corrected chi connectivity index (χ3v) is 3.05. The van der Waals surface area contributed by atoms with Gasteiger partial charge in [0.15, 0.2) is 0 Å². The van der Waals surface area contributed by atoms with Crippen molar-refractivity contribution in [2.75, 3.05) is 0 Å². The third-order valence-electron chi connectivity index (χ3n) is 3.05. The number of para-hydroxylation sites is 1. The molecule has 0 fully saturated rings. The number of aromatic amines is 1. The van der Waals surface area contributed by atoms with E-state index in [1.165, 1.54) is 6.20 Å². The van der Waals surface area contributed by atoms with E-state index in [2.05, 4.69) is 10.1 Å². The molecule has 3 aromatic rings. The molecular formula is C15H12N2O4. The number of carbonyl (C=O) groups excluding carboxylic acids is 2. The molecule has 2 heterocycles. The molecule has 0 aliphatic heterocycles. The van der Waals surface area contributed by atoms with Crippen LogP contribution in [0, 0.1) is 6.92 Å². The predicted molar refractivity (Wildman–Crippen MR) is 73.7 cm³/mol. The second kappa shape index (κ2) is 5.24. The van der Waals surface area contributed by atoms with Crippen molar-refractivity contribution in [2.24, 2.45) is 0 Å². The van der Waals surface area contributed by atoms with E-state index in [9.17, 15) is 9.59 Å². The number of H-pyrrole nitrogens is 1. The van der Waals surface area contributed by atoms with E-state index in [1.54, 1.807) is 25.1 Å². The molecule has 21 heavy (non-hydrogen) atoms. The lowest BCUT2D eigenvalue weighted by Crippen LogP contribution is -2.17. The Bertz CT molecular complexity index is 816. The van der Waals surface area contributed by atoms with E-state index in [0.717, 1.165) is 5.52 Å². The fraction of sp³-hybridized carbons (Fsp3) is 0.133. The summed E-state index contributed by atoms with van der Waals surface area (Å²) in [4.78, 5) is 26.9. The molecule has 0 unspecified atom stereocenters. The number of nitrogens with one attached hydrogen (secondary N) is 1. The van der Waals surface area contributed by atoms with Gasteiger partial charge in [0.2, 0.25) is 0 Å². The van der Waals surface area contributed by atoms with Crippen LogP contribution in [0.1, 0.15) is 21.8 Å². The molecule has 6 nitrogen and oxygen atoms in total. The zero-order chi connectivity index (χ0) is 14.8. The third kappa shape index (κ3) is 2.55. The topological polar surface area (TPSA) is 85.2 Å². The van der Waals surface area contributed by atoms with Crippen molar-refractivity contribution >= 4 is 22.7 Å². The van der Waals surface area contributed by atoms with E-state index in [4.69, 9.17) is 9.26 Å². The SMILES string of the molecule is Cc1cc(COC(=O)C(=O)c2c[nH]c3ccccc23)no1. The number of aryl methyl sites for hydroxylation is 1. The highest BCUT2D eigenvalue weighted by molar-refractivity contribution is 6.42. The maximum atomic E-state index is 12.1. The Morgan fingerprint density at radius 2 is 2.14 bits per heavy atom. The van der Waals surface area contributed by atoms with Crippen molar-refractivity contribution < 1.29 is 18.8 Å². The molecule has 2 aromatic heterocycles. The van der Waals surface area contributed by atoms with Crippen molar-refractivity contribution in [3.05, 3.63) is 53.5 Å². The first-order valence-corrected chi connectivity index (χ1v) is 6.35. The Balaban J connectivity index is 1.74. The van der Waals surface area contributed by atoms with Gasteiger partial charge in [-0.2, -0.15) is 0 Å². The van der Waals surface area contributed by atoms with E-state index in [1.807, 2.05) is 12.1 Å². The molecule has 0 spiro atoms. The highest BCUT2D eigenvalue weighted by Crippen LogP contribution is 2.18. The lowest BCUT2D eigenvalue weighted by Gasteiger charge is -2.00. The van der Waals surface area contributed by atoms with Gasteiger partial charge < -0.3 is 14.2 Å². The van der Waals surface area contributed by atoms with Crippen LogP contribution in [0.15, 0.2) is 41.1 Å². The minimum atomic E-state index is -0.916. The number of benzene rings is 1. The number of fused-ring (bicyclic) bond motifs is 1. The molecule has 1 N–H and O–H groups in total. The van der Waals surface area contributed by atoms with Gasteiger partial charge in [0, 0.05) is 23.2 Å². The molecule has 106 valence electrons. The Morgan fingerprint density at radius 3 is 2.90 bits per heavy atom. The van der Waals surface area contributed by atoms with Crippen molar-refractivity contribution in [2.45, 2.75) is 13.5 Å². The molecule has 0 saturated heterocycles. The molecule has 3 rings (SSSR count). The summed E-state index contributed by atoms with van der Waals surface area (Å²) in [5.41, 5.74) is 1.56. The van der Waals surface area contributed by atoms with Gasteiger partial charge in [0.05, 0.1) is 5.56 Å². The van der Waals surface area contributed by atoms with Crippen LogP contribution >= 0.6 is 0 Å². The zero-order valence-electron chi connectivity index (χ0n) is 11.3. The van der Waals surface area contributed by atoms with Crippen molar-refractivity contribution in [1.29, 1.82) is 0 Å².